The summed E-state index contributed by atoms with van der Waals surface area (Å²) in [5, 5.41) is 10.1. The fourth-order valence-electron chi connectivity index (χ4n) is 2.05. The van der Waals surface area contributed by atoms with Crippen LogP contribution in [0.15, 0.2) is 48.7 Å². The number of aromatic nitrogens is 3. The fourth-order valence-corrected chi connectivity index (χ4v) is 2.05. The molecule has 4 nitrogen and oxygen atoms in total. The van der Waals surface area contributed by atoms with Crippen LogP contribution in [-0.4, -0.2) is 21.3 Å². The maximum Gasteiger partial charge on any atom is 0.171 e. The van der Waals surface area contributed by atoms with Crippen molar-refractivity contribution >= 4 is 17.1 Å². The van der Waals surface area contributed by atoms with E-state index in [-0.39, 0.29) is 0 Å². The zero-order chi connectivity index (χ0) is 12.4. The highest BCUT2D eigenvalue weighted by molar-refractivity contribution is 5.85. The van der Waals surface area contributed by atoms with Crippen LogP contribution in [0.25, 0.3) is 10.8 Å². The van der Waals surface area contributed by atoms with Crippen LogP contribution in [-0.2, 0) is 6.54 Å². The van der Waals surface area contributed by atoms with Gasteiger partial charge in [-0.1, -0.05) is 47.7 Å². The smallest absolute Gasteiger partial charge is 0.171 e. The molecule has 3 rings (SSSR count). The van der Waals surface area contributed by atoms with E-state index in [9.17, 15) is 4.79 Å². The SMILES string of the molecule is O=Cc1cn(Cc2cccc3ccccc23)nn1. The molecule has 88 valence electrons. The molecule has 18 heavy (non-hydrogen) atoms. The number of rotatable bonds is 3. The second-order valence-corrected chi connectivity index (χ2v) is 4.10. The van der Waals surface area contributed by atoms with E-state index in [2.05, 4.69) is 34.6 Å². The third-order valence-corrected chi connectivity index (χ3v) is 2.89. The van der Waals surface area contributed by atoms with Gasteiger partial charge >= 0.3 is 0 Å². The molecule has 0 aliphatic carbocycles. The minimum atomic E-state index is 0.357. The van der Waals surface area contributed by atoms with Gasteiger partial charge in [0, 0.05) is 0 Å². The lowest BCUT2D eigenvalue weighted by molar-refractivity contribution is 0.111. The number of aldehydes is 1. The van der Waals surface area contributed by atoms with E-state index < -0.39 is 0 Å². The normalized spacial score (nSPS) is 10.7. The van der Waals surface area contributed by atoms with Crippen LogP contribution < -0.4 is 0 Å². The minimum absolute atomic E-state index is 0.357. The van der Waals surface area contributed by atoms with Crippen LogP contribution in [0, 0.1) is 0 Å². The van der Waals surface area contributed by atoms with Gasteiger partial charge in [-0.15, -0.1) is 5.10 Å². The van der Waals surface area contributed by atoms with Crippen LogP contribution in [0.3, 0.4) is 0 Å². The molecule has 0 saturated heterocycles. The highest BCUT2D eigenvalue weighted by Crippen LogP contribution is 2.19. The maximum atomic E-state index is 10.6. The molecule has 0 spiro atoms. The Labute approximate surface area is 104 Å². The van der Waals surface area contributed by atoms with Gasteiger partial charge in [-0.2, -0.15) is 0 Å². The van der Waals surface area contributed by atoms with Crippen LogP contribution in [0.4, 0.5) is 0 Å². The largest absolute Gasteiger partial charge is 0.296 e. The van der Waals surface area contributed by atoms with Crippen molar-refractivity contribution in [3.05, 3.63) is 59.9 Å². The molecule has 0 radical (unpaired) electrons. The number of hydrogen-bond acceptors (Lipinski definition) is 3. The van der Waals surface area contributed by atoms with Gasteiger partial charge in [-0.25, -0.2) is 4.68 Å². The average Bonchev–Trinajstić information content (AvgIpc) is 2.87. The molecule has 0 aliphatic heterocycles. The van der Waals surface area contributed by atoms with Gasteiger partial charge in [0.05, 0.1) is 12.7 Å². The second kappa shape index (κ2) is 4.41. The predicted molar refractivity (Wildman–Crippen MR) is 68.5 cm³/mol. The molecule has 0 fully saturated rings. The highest BCUT2D eigenvalue weighted by Gasteiger charge is 2.03. The summed E-state index contributed by atoms with van der Waals surface area (Å²) in [6.07, 6.45) is 2.35. The summed E-state index contributed by atoms with van der Waals surface area (Å²) in [6.45, 7) is 0.613. The van der Waals surface area contributed by atoms with E-state index in [4.69, 9.17) is 0 Å². The van der Waals surface area contributed by atoms with Gasteiger partial charge in [0.2, 0.25) is 0 Å². The van der Waals surface area contributed by atoms with Crippen molar-refractivity contribution in [3.8, 4) is 0 Å². The first-order chi connectivity index (χ1) is 8.86. The molecule has 0 N–H and O–H groups in total. The predicted octanol–water partition coefficient (Wildman–Crippen LogP) is 2.29. The van der Waals surface area contributed by atoms with E-state index in [0.29, 0.717) is 18.5 Å². The molecule has 0 bridgehead atoms. The summed E-state index contributed by atoms with van der Waals surface area (Å²) in [5.41, 5.74) is 1.52. The topological polar surface area (TPSA) is 47.8 Å². The summed E-state index contributed by atoms with van der Waals surface area (Å²) < 4.78 is 1.67. The summed E-state index contributed by atoms with van der Waals surface area (Å²) >= 11 is 0. The zero-order valence-electron chi connectivity index (χ0n) is 9.65. The van der Waals surface area contributed by atoms with Gasteiger partial charge < -0.3 is 0 Å². The Balaban J connectivity index is 2.01. The number of nitrogens with zero attached hydrogens (tertiary/aromatic N) is 3. The van der Waals surface area contributed by atoms with Gasteiger partial charge in [0.1, 0.15) is 5.69 Å². The quantitative estimate of drug-likeness (QED) is 0.657. The van der Waals surface area contributed by atoms with E-state index in [1.54, 1.807) is 10.9 Å². The Morgan fingerprint density at radius 2 is 1.94 bits per heavy atom. The molecule has 1 aromatic heterocycles. The Morgan fingerprint density at radius 3 is 2.78 bits per heavy atom. The van der Waals surface area contributed by atoms with E-state index >= 15 is 0 Å². The van der Waals surface area contributed by atoms with Crippen molar-refractivity contribution in [1.82, 2.24) is 15.0 Å². The van der Waals surface area contributed by atoms with E-state index in [1.807, 2.05) is 18.2 Å². The number of fused-ring (bicyclic) bond motifs is 1. The number of benzene rings is 2. The number of hydrogen-bond donors (Lipinski definition) is 0. The molecule has 3 aromatic rings. The summed E-state index contributed by atoms with van der Waals surface area (Å²) in [6, 6.07) is 14.4. The molecule has 0 aliphatic rings. The first kappa shape index (κ1) is 10.7. The molecule has 4 heteroatoms. The molecule has 0 saturated carbocycles. The van der Waals surface area contributed by atoms with Crippen molar-refractivity contribution in [1.29, 1.82) is 0 Å². The standard InChI is InChI=1S/C14H11N3O/c18-10-13-9-17(16-15-13)8-12-6-3-5-11-4-1-2-7-14(11)12/h1-7,9-10H,8H2. The van der Waals surface area contributed by atoms with E-state index in [1.165, 1.54) is 10.8 Å². The lowest BCUT2D eigenvalue weighted by atomic mass is 10.0. The number of carbonyl (C=O) groups excluding carboxylic acids is 1. The lowest BCUT2D eigenvalue weighted by Crippen LogP contribution is -2.01. The van der Waals surface area contributed by atoms with Crippen molar-refractivity contribution in [2.24, 2.45) is 0 Å². The first-order valence-corrected chi connectivity index (χ1v) is 5.69. The molecule has 2 aromatic carbocycles. The van der Waals surface area contributed by atoms with Gasteiger partial charge in [0.25, 0.3) is 0 Å². The second-order valence-electron chi connectivity index (χ2n) is 4.10. The van der Waals surface area contributed by atoms with Crippen LogP contribution >= 0.6 is 0 Å². The Bertz CT molecular complexity index is 698. The van der Waals surface area contributed by atoms with Gasteiger partial charge in [0.15, 0.2) is 6.29 Å². The zero-order valence-corrected chi connectivity index (χ0v) is 9.65. The van der Waals surface area contributed by atoms with Gasteiger partial charge in [-0.05, 0) is 16.3 Å². The van der Waals surface area contributed by atoms with Crippen LogP contribution in [0.5, 0.6) is 0 Å². The van der Waals surface area contributed by atoms with Crippen molar-refractivity contribution in [3.63, 3.8) is 0 Å². The first-order valence-electron chi connectivity index (χ1n) is 5.69. The van der Waals surface area contributed by atoms with Crippen LogP contribution in [0.2, 0.25) is 0 Å². The fraction of sp³-hybridized carbons (Fsp3) is 0.0714. The third-order valence-electron chi connectivity index (χ3n) is 2.89. The molecule has 1 heterocycles. The lowest BCUT2D eigenvalue weighted by Gasteiger charge is -2.05. The summed E-state index contributed by atoms with van der Waals surface area (Å²) in [5.74, 6) is 0. The molecule has 0 amide bonds. The van der Waals surface area contributed by atoms with Crippen molar-refractivity contribution < 1.29 is 4.79 Å². The molecule has 0 unspecified atom stereocenters. The molecular weight excluding hydrogens is 226 g/mol. The maximum absolute atomic E-state index is 10.6. The van der Waals surface area contributed by atoms with E-state index in [0.717, 1.165) is 5.56 Å². The highest BCUT2D eigenvalue weighted by atomic mass is 16.1. The van der Waals surface area contributed by atoms with Crippen molar-refractivity contribution in [2.45, 2.75) is 6.54 Å². The monoisotopic (exact) mass is 237 g/mol. The summed E-state index contributed by atoms with van der Waals surface area (Å²) in [4.78, 5) is 10.6. The van der Waals surface area contributed by atoms with Gasteiger partial charge in [-0.3, -0.25) is 4.79 Å². The summed E-state index contributed by atoms with van der Waals surface area (Å²) in [7, 11) is 0. The molecular formula is C14H11N3O. The Kier molecular flexibility index (Phi) is 2.61. The number of carbonyl (C=O) groups is 1. The van der Waals surface area contributed by atoms with Crippen molar-refractivity contribution in [2.75, 3.05) is 0 Å². The Hall–Kier alpha value is -2.49. The van der Waals surface area contributed by atoms with Crippen LogP contribution in [0.1, 0.15) is 16.1 Å². The third kappa shape index (κ3) is 1.88. The molecule has 0 atom stereocenters. The Morgan fingerprint density at radius 1 is 1.11 bits per heavy atom. The average molecular weight is 237 g/mol. The minimum Gasteiger partial charge on any atom is -0.296 e.